The molecule has 1 amide bonds. The van der Waals surface area contributed by atoms with Crippen LogP contribution < -0.4 is 5.32 Å². The van der Waals surface area contributed by atoms with E-state index in [-0.39, 0.29) is 11.3 Å². The third-order valence-electron chi connectivity index (χ3n) is 4.51. The van der Waals surface area contributed by atoms with Gasteiger partial charge in [0.15, 0.2) is 0 Å². The Morgan fingerprint density at radius 2 is 1.68 bits per heavy atom. The Balaban J connectivity index is 1.54. The minimum Gasteiger partial charge on any atom is -0.322 e. The van der Waals surface area contributed by atoms with Crippen molar-refractivity contribution in [3.8, 4) is 16.9 Å². The highest BCUT2D eigenvalue weighted by molar-refractivity contribution is 6.30. The molecule has 156 valence electrons. The number of hydrogen-bond acceptors (Lipinski definition) is 3. The lowest BCUT2D eigenvalue weighted by Crippen LogP contribution is -2.13. The molecule has 0 fully saturated rings. The van der Waals surface area contributed by atoms with Gasteiger partial charge in [-0.2, -0.15) is 13.2 Å². The van der Waals surface area contributed by atoms with E-state index in [0.29, 0.717) is 10.7 Å². The first-order valence-electron chi connectivity index (χ1n) is 9.07. The van der Waals surface area contributed by atoms with Crippen molar-refractivity contribution < 1.29 is 18.0 Å². The zero-order chi connectivity index (χ0) is 22.0. The fourth-order valence-corrected chi connectivity index (χ4v) is 3.10. The summed E-state index contributed by atoms with van der Waals surface area (Å²) in [6, 6.07) is 18.1. The van der Waals surface area contributed by atoms with Crippen LogP contribution in [-0.4, -0.2) is 20.9 Å². The lowest BCUT2D eigenvalue weighted by Gasteiger charge is -2.10. The Bertz CT molecular complexity index is 1220. The largest absolute Gasteiger partial charge is 0.416 e. The van der Waals surface area contributed by atoms with E-state index in [2.05, 4.69) is 15.6 Å². The number of amides is 1. The molecule has 1 N–H and O–H groups in total. The number of alkyl halides is 3. The van der Waals surface area contributed by atoms with Gasteiger partial charge in [0, 0.05) is 21.8 Å². The zero-order valence-corrected chi connectivity index (χ0v) is 16.5. The predicted octanol–water partition coefficient (Wildman–Crippen LogP) is 5.86. The van der Waals surface area contributed by atoms with Crippen molar-refractivity contribution >= 4 is 23.2 Å². The second kappa shape index (κ2) is 8.23. The molecule has 0 spiro atoms. The highest BCUT2D eigenvalue weighted by atomic mass is 35.5. The average molecular weight is 443 g/mol. The summed E-state index contributed by atoms with van der Waals surface area (Å²) in [6.45, 7) is 0. The summed E-state index contributed by atoms with van der Waals surface area (Å²) in [4.78, 5) is 12.5. The van der Waals surface area contributed by atoms with E-state index >= 15 is 0 Å². The number of rotatable bonds is 4. The number of nitrogens with zero attached hydrogens (tertiary/aromatic N) is 3. The Hall–Kier alpha value is -3.65. The molecule has 0 bridgehead atoms. The van der Waals surface area contributed by atoms with Gasteiger partial charge in [0.1, 0.15) is 0 Å². The van der Waals surface area contributed by atoms with Crippen LogP contribution in [0.4, 0.5) is 18.9 Å². The lowest BCUT2D eigenvalue weighted by molar-refractivity contribution is -0.137. The number of benzene rings is 3. The summed E-state index contributed by atoms with van der Waals surface area (Å²) in [7, 11) is 0. The van der Waals surface area contributed by atoms with Gasteiger partial charge in [-0.1, -0.05) is 35.0 Å². The zero-order valence-electron chi connectivity index (χ0n) is 15.8. The molecule has 0 aliphatic heterocycles. The van der Waals surface area contributed by atoms with Crippen molar-refractivity contribution in [3.05, 3.63) is 95.1 Å². The van der Waals surface area contributed by atoms with Gasteiger partial charge in [0.25, 0.3) is 5.91 Å². The van der Waals surface area contributed by atoms with Crippen LogP contribution in [0, 0.1) is 0 Å². The molecule has 0 saturated heterocycles. The average Bonchev–Trinajstić information content (AvgIpc) is 3.24. The number of carbonyl (C=O) groups is 1. The smallest absolute Gasteiger partial charge is 0.322 e. The molecule has 0 aliphatic rings. The minimum absolute atomic E-state index is 0.0604. The van der Waals surface area contributed by atoms with Gasteiger partial charge in [-0.3, -0.25) is 4.79 Å². The van der Waals surface area contributed by atoms with Crippen molar-refractivity contribution in [3.63, 3.8) is 0 Å². The Morgan fingerprint density at radius 1 is 0.968 bits per heavy atom. The highest BCUT2D eigenvalue weighted by Gasteiger charge is 2.30. The van der Waals surface area contributed by atoms with Gasteiger partial charge < -0.3 is 5.32 Å². The summed E-state index contributed by atoms with van der Waals surface area (Å²) >= 11 is 5.93. The maximum atomic E-state index is 12.8. The molecular formula is C22H14ClF3N4O. The monoisotopic (exact) mass is 442 g/mol. The van der Waals surface area contributed by atoms with Crippen LogP contribution in [0.15, 0.2) is 79.0 Å². The molecule has 4 aromatic rings. The van der Waals surface area contributed by atoms with Crippen LogP contribution in [0.25, 0.3) is 16.9 Å². The first kappa shape index (κ1) is 20.6. The van der Waals surface area contributed by atoms with Crippen LogP contribution in [0.3, 0.4) is 0 Å². The molecule has 1 heterocycles. The summed E-state index contributed by atoms with van der Waals surface area (Å²) in [5.41, 5.74) is 1.78. The minimum atomic E-state index is -4.48. The van der Waals surface area contributed by atoms with Crippen LogP contribution >= 0.6 is 11.6 Å². The molecule has 0 aliphatic carbocycles. The molecule has 0 radical (unpaired) electrons. The van der Waals surface area contributed by atoms with Gasteiger partial charge in [-0.05, 0) is 54.6 Å². The summed E-state index contributed by atoms with van der Waals surface area (Å²) in [5, 5.41) is 11.1. The van der Waals surface area contributed by atoms with E-state index in [4.69, 9.17) is 11.6 Å². The number of carbonyl (C=O) groups excluding carboxylic acids is 1. The van der Waals surface area contributed by atoms with Crippen molar-refractivity contribution in [2.45, 2.75) is 6.18 Å². The molecule has 1 aromatic heterocycles. The standard InChI is InChI=1S/C22H14ClF3N4O/c23-17-8-4-14(5-9-17)20-13-27-29-30(20)19-10-6-15(7-11-19)21(31)28-18-3-1-2-16(12-18)22(24,25)26/h1-13H,(H,28,31). The highest BCUT2D eigenvalue weighted by Crippen LogP contribution is 2.31. The summed E-state index contributed by atoms with van der Waals surface area (Å²) < 4.78 is 40.2. The van der Waals surface area contributed by atoms with Gasteiger partial charge >= 0.3 is 6.18 Å². The number of halogens is 4. The van der Waals surface area contributed by atoms with Gasteiger partial charge in [0.2, 0.25) is 0 Å². The maximum Gasteiger partial charge on any atom is 0.416 e. The SMILES string of the molecule is O=C(Nc1cccc(C(F)(F)F)c1)c1ccc(-n2nncc2-c2ccc(Cl)cc2)cc1. The Labute approximate surface area is 180 Å². The van der Waals surface area contributed by atoms with Gasteiger partial charge in [0.05, 0.1) is 23.1 Å². The molecule has 31 heavy (non-hydrogen) atoms. The summed E-state index contributed by atoms with van der Waals surface area (Å²) in [5.74, 6) is -0.526. The van der Waals surface area contributed by atoms with Crippen molar-refractivity contribution in [1.29, 1.82) is 0 Å². The third-order valence-corrected chi connectivity index (χ3v) is 4.76. The molecule has 0 saturated carbocycles. The molecule has 5 nitrogen and oxygen atoms in total. The number of nitrogens with one attached hydrogen (secondary N) is 1. The van der Waals surface area contributed by atoms with E-state index in [9.17, 15) is 18.0 Å². The molecular weight excluding hydrogens is 429 g/mol. The van der Waals surface area contributed by atoms with E-state index in [1.807, 2.05) is 12.1 Å². The van der Waals surface area contributed by atoms with Crippen LogP contribution in [-0.2, 0) is 6.18 Å². The Morgan fingerprint density at radius 3 is 2.35 bits per heavy atom. The molecule has 0 atom stereocenters. The fraction of sp³-hybridized carbons (Fsp3) is 0.0455. The number of hydrogen-bond donors (Lipinski definition) is 1. The van der Waals surface area contributed by atoms with Gasteiger partial charge in [-0.25, -0.2) is 4.68 Å². The normalized spacial score (nSPS) is 11.4. The second-order valence-electron chi connectivity index (χ2n) is 6.62. The van der Waals surface area contributed by atoms with Crippen molar-refractivity contribution in [2.75, 3.05) is 5.32 Å². The fourth-order valence-electron chi connectivity index (χ4n) is 2.97. The van der Waals surface area contributed by atoms with Crippen LogP contribution in [0.2, 0.25) is 5.02 Å². The van der Waals surface area contributed by atoms with E-state index < -0.39 is 17.6 Å². The predicted molar refractivity (Wildman–Crippen MR) is 111 cm³/mol. The van der Waals surface area contributed by atoms with E-state index in [1.54, 1.807) is 47.3 Å². The topological polar surface area (TPSA) is 59.8 Å². The van der Waals surface area contributed by atoms with Crippen LogP contribution in [0.1, 0.15) is 15.9 Å². The van der Waals surface area contributed by atoms with Gasteiger partial charge in [-0.15, -0.1) is 5.10 Å². The quantitative estimate of drug-likeness (QED) is 0.430. The first-order chi connectivity index (χ1) is 14.8. The van der Waals surface area contributed by atoms with Crippen molar-refractivity contribution in [2.24, 2.45) is 0 Å². The second-order valence-corrected chi connectivity index (χ2v) is 7.05. The molecule has 9 heteroatoms. The summed E-state index contributed by atoms with van der Waals surface area (Å²) in [6.07, 6.45) is -2.88. The van der Waals surface area contributed by atoms with E-state index in [0.717, 1.165) is 23.4 Å². The molecule has 4 rings (SSSR count). The first-order valence-corrected chi connectivity index (χ1v) is 9.45. The number of anilines is 1. The van der Waals surface area contributed by atoms with Crippen LogP contribution in [0.5, 0.6) is 0 Å². The lowest BCUT2D eigenvalue weighted by atomic mass is 10.1. The Kier molecular flexibility index (Phi) is 5.48. The van der Waals surface area contributed by atoms with Crippen molar-refractivity contribution in [1.82, 2.24) is 15.0 Å². The molecule has 3 aromatic carbocycles. The number of aromatic nitrogens is 3. The third kappa shape index (κ3) is 4.59. The molecule has 0 unspecified atom stereocenters. The van der Waals surface area contributed by atoms with E-state index in [1.165, 1.54) is 12.1 Å². The maximum absolute atomic E-state index is 12.8.